The second kappa shape index (κ2) is 81.6. The molecule has 0 fully saturated rings. The van der Waals surface area contributed by atoms with Crippen LogP contribution in [0.5, 0.6) is 0 Å². The topological polar surface area (TPSA) is 237 Å². The number of ether oxygens (including phenoxy) is 4. The Morgan fingerprint density at radius 2 is 0.426 bits per heavy atom. The van der Waals surface area contributed by atoms with Crippen LogP contribution in [0.4, 0.5) is 0 Å². The molecule has 17 nitrogen and oxygen atoms in total. The molecular weight excluding hydrogens is 1400 g/mol. The number of carbonyl (C=O) groups excluding carboxylic acids is 4. The quantitative estimate of drug-likeness (QED) is 0.0222. The molecule has 0 aliphatic heterocycles. The highest BCUT2D eigenvalue weighted by Gasteiger charge is 2.30. The SMILES string of the molecule is CCCCCCCCCCCCCCCCCCCCCCCCC(=O)O[C@H](COC(=O)CCCCCCCCCCCCCCCCCCCCC(C)C)COP(=O)(O)OC[C@@H](O)COP(=O)(O)OC[C@@H](COC(=O)CCCCCCCCCCC)OC(=O)CCCCCCCCCCCCCCCCCC. The van der Waals surface area contributed by atoms with Crippen LogP contribution in [-0.2, 0) is 65.4 Å². The van der Waals surface area contributed by atoms with Crippen molar-refractivity contribution < 1.29 is 80.2 Å². The van der Waals surface area contributed by atoms with Crippen LogP contribution in [0.1, 0.15) is 484 Å². The third-order valence-electron chi connectivity index (χ3n) is 21.0. The van der Waals surface area contributed by atoms with Gasteiger partial charge in [-0.1, -0.05) is 433 Å². The van der Waals surface area contributed by atoms with E-state index in [1.165, 1.54) is 308 Å². The Bertz CT molecular complexity index is 2050. The van der Waals surface area contributed by atoms with Gasteiger partial charge < -0.3 is 33.8 Å². The average molecular weight is 1580 g/mol. The van der Waals surface area contributed by atoms with Gasteiger partial charge in [0.05, 0.1) is 26.4 Å². The summed E-state index contributed by atoms with van der Waals surface area (Å²) in [5.74, 6) is -1.27. The minimum absolute atomic E-state index is 0.109. The minimum Gasteiger partial charge on any atom is -0.462 e. The first-order valence-corrected chi connectivity index (χ1v) is 49.1. The number of phosphoric acid groups is 2. The predicted molar refractivity (Wildman–Crippen MR) is 446 cm³/mol. The Morgan fingerprint density at radius 3 is 0.630 bits per heavy atom. The maximum Gasteiger partial charge on any atom is 0.472 e. The van der Waals surface area contributed by atoms with E-state index in [0.29, 0.717) is 25.7 Å². The van der Waals surface area contributed by atoms with Crippen LogP contribution >= 0.6 is 15.6 Å². The summed E-state index contributed by atoms with van der Waals surface area (Å²) in [6.07, 6.45) is 76.6. The lowest BCUT2D eigenvalue weighted by Crippen LogP contribution is -2.30. The molecule has 0 bridgehead atoms. The van der Waals surface area contributed by atoms with Crippen LogP contribution in [0.25, 0.3) is 0 Å². The van der Waals surface area contributed by atoms with Gasteiger partial charge in [0.2, 0.25) is 0 Å². The normalized spacial score (nSPS) is 13.7. The zero-order valence-corrected chi connectivity index (χ0v) is 72.8. The van der Waals surface area contributed by atoms with E-state index in [1.807, 2.05) is 0 Å². The molecule has 5 atom stereocenters. The third-order valence-corrected chi connectivity index (χ3v) is 22.9. The summed E-state index contributed by atoms with van der Waals surface area (Å²) in [5.41, 5.74) is 0. The fourth-order valence-corrected chi connectivity index (χ4v) is 15.6. The van der Waals surface area contributed by atoms with Crippen LogP contribution in [0, 0.1) is 5.92 Å². The Hall–Kier alpha value is -1.94. The molecule has 0 rings (SSSR count). The van der Waals surface area contributed by atoms with Crippen molar-refractivity contribution in [3.8, 4) is 0 Å². The summed E-state index contributed by atoms with van der Waals surface area (Å²) < 4.78 is 68.9. The Morgan fingerprint density at radius 1 is 0.250 bits per heavy atom. The van der Waals surface area contributed by atoms with Gasteiger partial charge in [0.15, 0.2) is 12.2 Å². The van der Waals surface area contributed by atoms with Gasteiger partial charge in [-0.05, 0) is 31.6 Å². The fourth-order valence-electron chi connectivity index (χ4n) is 14.0. The highest BCUT2D eigenvalue weighted by atomic mass is 31.2. The van der Waals surface area contributed by atoms with E-state index in [-0.39, 0.29) is 25.7 Å². The van der Waals surface area contributed by atoms with Gasteiger partial charge in [0, 0.05) is 25.7 Å². The van der Waals surface area contributed by atoms with Crippen molar-refractivity contribution in [2.75, 3.05) is 39.6 Å². The van der Waals surface area contributed by atoms with Crippen molar-refractivity contribution in [1.82, 2.24) is 0 Å². The minimum atomic E-state index is -4.97. The monoisotopic (exact) mass is 1580 g/mol. The highest BCUT2D eigenvalue weighted by Crippen LogP contribution is 2.45. The van der Waals surface area contributed by atoms with Gasteiger partial charge in [-0.3, -0.25) is 37.3 Å². The van der Waals surface area contributed by atoms with Gasteiger partial charge in [0.1, 0.15) is 19.3 Å². The van der Waals surface area contributed by atoms with Gasteiger partial charge in [-0.2, -0.15) is 0 Å². The van der Waals surface area contributed by atoms with E-state index in [4.69, 9.17) is 37.0 Å². The van der Waals surface area contributed by atoms with Crippen LogP contribution in [-0.4, -0.2) is 96.7 Å². The van der Waals surface area contributed by atoms with Crippen molar-refractivity contribution in [1.29, 1.82) is 0 Å². The van der Waals surface area contributed by atoms with Crippen LogP contribution in [0.15, 0.2) is 0 Å². The lowest BCUT2D eigenvalue weighted by Gasteiger charge is -2.21. The molecule has 0 aliphatic carbocycles. The van der Waals surface area contributed by atoms with E-state index in [9.17, 15) is 43.2 Å². The smallest absolute Gasteiger partial charge is 0.462 e. The van der Waals surface area contributed by atoms with Crippen molar-refractivity contribution in [2.45, 2.75) is 502 Å². The van der Waals surface area contributed by atoms with Crippen LogP contribution in [0.3, 0.4) is 0 Å². The predicted octanol–water partition coefficient (Wildman–Crippen LogP) is 27.5. The van der Waals surface area contributed by atoms with Gasteiger partial charge in [-0.15, -0.1) is 0 Å². The molecule has 0 saturated carbocycles. The molecule has 0 heterocycles. The number of phosphoric ester groups is 2. The van der Waals surface area contributed by atoms with Crippen molar-refractivity contribution in [3.05, 3.63) is 0 Å². The summed E-state index contributed by atoms with van der Waals surface area (Å²) in [7, 11) is -9.93. The maximum atomic E-state index is 13.2. The van der Waals surface area contributed by atoms with Crippen molar-refractivity contribution >= 4 is 39.5 Å². The molecule has 0 saturated heterocycles. The number of rotatable bonds is 89. The zero-order valence-electron chi connectivity index (χ0n) is 71.0. The lowest BCUT2D eigenvalue weighted by molar-refractivity contribution is -0.161. The average Bonchev–Trinajstić information content (AvgIpc) is 0.902. The van der Waals surface area contributed by atoms with Gasteiger partial charge >= 0.3 is 39.5 Å². The standard InChI is InChI=1S/C89H174O17P2/c1-6-9-12-15-18-21-23-25-27-29-30-31-32-33-38-42-46-50-55-60-65-70-75-89(94)106-85(79-100-87(92)73-68-63-58-53-48-44-41-37-35-34-36-39-43-47-52-56-61-66-71-82(4)5)81-104-108(97,98)102-77-83(90)76-101-107(95,96)103-80-84(78-99-86(91)72-67-62-57-51-20-17-14-11-8-3)105-88(93)74-69-64-59-54-49-45-40-28-26-24-22-19-16-13-10-7-2/h82-85,90H,6-81H2,1-5H3,(H,95,96)(H,97,98)/t83-,84+,85+/m0/s1. The highest BCUT2D eigenvalue weighted by molar-refractivity contribution is 7.47. The molecule has 0 aromatic heterocycles. The summed E-state index contributed by atoms with van der Waals surface area (Å²) >= 11 is 0. The number of esters is 4. The van der Waals surface area contributed by atoms with Gasteiger partial charge in [-0.25, -0.2) is 9.13 Å². The number of aliphatic hydroxyl groups is 1. The Balaban J connectivity index is 5.19. The molecule has 19 heteroatoms. The largest absolute Gasteiger partial charge is 0.472 e. The lowest BCUT2D eigenvalue weighted by atomic mass is 10.0. The number of unbranched alkanes of at least 4 members (excludes halogenated alkanes) is 61. The number of hydrogen-bond donors (Lipinski definition) is 3. The molecule has 3 N–H and O–H groups in total. The first-order chi connectivity index (χ1) is 52.5. The Labute approximate surface area is 664 Å². The molecule has 0 aromatic rings. The van der Waals surface area contributed by atoms with Gasteiger partial charge in [0.25, 0.3) is 0 Å². The molecule has 0 aliphatic rings. The first kappa shape index (κ1) is 106. The van der Waals surface area contributed by atoms with E-state index in [2.05, 4.69) is 34.6 Å². The van der Waals surface area contributed by atoms with E-state index in [1.54, 1.807) is 0 Å². The molecule has 0 amide bonds. The number of carbonyl (C=O) groups is 4. The molecule has 642 valence electrons. The molecular formula is C89H174O17P2. The van der Waals surface area contributed by atoms with Crippen molar-refractivity contribution in [3.63, 3.8) is 0 Å². The third kappa shape index (κ3) is 82.1. The number of aliphatic hydroxyl groups excluding tert-OH is 1. The van der Waals surface area contributed by atoms with E-state index < -0.39 is 97.5 Å². The fraction of sp³-hybridized carbons (Fsp3) is 0.955. The molecule has 0 radical (unpaired) electrons. The molecule has 108 heavy (non-hydrogen) atoms. The molecule has 0 aromatic carbocycles. The summed E-state index contributed by atoms with van der Waals surface area (Å²) in [5, 5.41) is 10.7. The second-order valence-corrected chi connectivity index (χ2v) is 35.4. The molecule has 0 spiro atoms. The zero-order chi connectivity index (χ0) is 79.0. The Kier molecular flexibility index (Phi) is 80.2. The van der Waals surface area contributed by atoms with Crippen LogP contribution < -0.4 is 0 Å². The molecule has 2 unspecified atom stereocenters. The summed E-state index contributed by atoms with van der Waals surface area (Å²) in [6.45, 7) is 7.40. The first-order valence-electron chi connectivity index (χ1n) is 46.1. The van der Waals surface area contributed by atoms with Crippen LogP contribution in [0.2, 0.25) is 0 Å². The summed E-state index contributed by atoms with van der Waals surface area (Å²) in [6, 6.07) is 0. The van der Waals surface area contributed by atoms with Crippen molar-refractivity contribution in [2.24, 2.45) is 5.92 Å². The summed E-state index contributed by atoms with van der Waals surface area (Å²) in [4.78, 5) is 73.2. The maximum absolute atomic E-state index is 13.2. The number of hydrogen-bond acceptors (Lipinski definition) is 15. The second-order valence-electron chi connectivity index (χ2n) is 32.5. The van der Waals surface area contributed by atoms with E-state index >= 15 is 0 Å². The van der Waals surface area contributed by atoms with E-state index in [0.717, 1.165) is 95.8 Å².